The minimum Gasteiger partial charge on any atom is -0.389 e. The topological polar surface area (TPSA) is 75.8 Å². The Labute approximate surface area is 126 Å². The van der Waals surface area contributed by atoms with Crippen molar-refractivity contribution >= 4 is 18.3 Å². The number of aliphatic hydroxyl groups is 1. The van der Waals surface area contributed by atoms with Crippen molar-refractivity contribution in [1.29, 1.82) is 0 Å². The van der Waals surface area contributed by atoms with Gasteiger partial charge in [-0.2, -0.15) is 0 Å². The van der Waals surface area contributed by atoms with Crippen LogP contribution in [-0.4, -0.2) is 48.3 Å². The summed E-state index contributed by atoms with van der Waals surface area (Å²) in [5.74, 6) is -0.192. The van der Waals surface area contributed by atoms with Crippen molar-refractivity contribution in [2.45, 2.75) is 25.7 Å². The van der Waals surface area contributed by atoms with E-state index in [0.717, 1.165) is 5.56 Å². The molecule has 114 valence electrons. The number of halogens is 1. The van der Waals surface area contributed by atoms with Crippen molar-refractivity contribution < 1.29 is 14.6 Å². The number of nitrogens with two attached hydrogens (primary N) is 1. The summed E-state index contributed by atoms with van der Waals surface area (Å²) in [5.41, 5.74) is 6.54. The maximum Gasteiger partial charge on any atom is 0.239 e. The maximum atomic E-state index is 11.5. The number of hydrogen-bond donors (Lipinski definition) is 2. The lowest BCUT2D eigenvalue weighted by Gasteiger charge is -2.22. The van der Waals surface area contributed by atoms with Crippen LogP contribution in [0, 0.1) is 0 Å². The zero-order valence-corrected chi connectivity index (χ0v) is 12.7. The molecule has 0 aliphatic heterocycles. The summed E-state index contributed by atoms with van der Waals surface area (Å²) in [5, 5.41) is 9.77. The van der Waals surface area contributed by atoms with E-state index in [9.17, 15) is 9.90 Å². The SMILES string of the molecule is C[C@H](N)C(=O)N(C)CC(O)COCc1ccccc1.Cl. The van der Waals surface area contributed by atoms with Crippen LogP contribution in [-0.2, 0) is 16.1 Å². The molecule has 1 unspecified atom stereocenters. The van der Waals surface area contributed by atoms with Crippen LogP contribution < -0.4 is 5.73 Å². The molecule has 0 heterocycles. The number of aliphatic hydroxyl groups excluding tert-OH is 1. The minimum absolute atomic E-state index is 0. The van der Waals surface area contributed by atoms with Gasteiger partial charge in [0.2, 0.25) is 5.91 Å². The number of hydrogen-bond acceptors (Lipinski definition) is 4. The number of benzene rings is 1. The Kier molecular flexibility index (Phi) is 9.16. The Balaban J connectivity index is 0.00000361. The molecule has 2 atom stereocenters. The molecule has 0 radical (unpaired) electrons. The summed E-state index contributed by atoms with van der Waals surface area (Å²) in [6.07, 6.45) is -0.712. The first-order valence-electron chi connectivity index (χ1n) is 6.31. The van der Waals surface area contributed by atoms with Crippen molar-refractivity contribution in [1.82, 2.24) is 4.90 Å². The lowest BCUT2D eigenvalue weighted by atomic mass is 10.2. The van der Waals surface area contributed by atoms with Gasteiger partial charge in [-0.3, -0.25) is 4.79 Å². The second kappa shape index (κ2) is 9.72. The van der Waals surface area contributed by atoms with Crippen LogP contribution in [0.25, 0.3) is 0 Å². The Bertz CT molecular complexity index is 387. The monoisotopic (exact) mass is 302 g/mol. The fourth-order valence-corrected chi connectivity index (χ4v) is 1.69. The van der Waals surface area contributed by atoms with Crippen LogP contribution in [0.4, 0.5) is 0 Å². The van der Waals surface area contributed by atoms with Crippen LogP contribution in [0.15, 0.2) is 30.3 Å². The first-order chi connectivity index (χ1) is 9.00. The van der Waals surface area contributed by atoms with Gasteiger partial charge in [0.05, 0.1) is 25.4 Å². The van der Waals surface area contributed by atoms with Crippen LogP contribution in [0.3, 0.4) is 0 Å². The summed E-state index contributed by atoms with van der Waals surface area (Å²) >= 11 is 0. The quantitative estimate of drug-likeness (QED) is 0.781. The smallest absolute Gasteiger partial charge is 0.239 e. The zero-order valence-electron chi connectivity index (χ0n) is 11.9. The zero-order chi connectivity index (χ0) is 14.3. The van der Waals surface area contributed by atoms with E-state index in [4.69, 9.17) is 10.5 Å². The van der Waals surface area contributed by atoms with E-state index in [0.29, 0.717) is 6.61 Å². The van der Waals surface area contributed by atoms with Crippen LogP contribution in [0.5, 0.6) is 0 Å². The number of rotatable bonds is 7. The summed E-state index contributed by atoms with van der Waals surface area (Å²) in [6, 6.07) is 9.17. The molecule has 0 saturated carbocycles. The van der Waals surface area contributed by atoms with E-state index in [2.05, 4.69) is 0 Å². The van der Waals surface area contributed by atoms with Crippen molar-refractivity contribution in [3.63, 3.8) is 0 Å². The first kappa shape index (κ1) is 18.9. The molecule has 1 amide bonds. The van der Waals surface area contributed by atoms with E-state index in [-0.39, 0.29) is 31.5 Å². The van der Waals surface area contributed by atoms with Crippen LogP contribution in [0.1, 0.15) is 12.5 Å². The van der Waals surface area contributed by atoms with Gasteiger partial charge in [0.1, 0.15) is 0 Å². The Morgan fingerprint density at radius 3 is 2.55 bits per heavy atom. The standard InChI is InChI=1S/C14H22N2O3.ClH/c1-11(15)14(18)16(2)8-13(17)10-19-9-12-6-4-3-5-7-12;/h3-7,11,13,17H,8-10,15H2,1-2H3;1H/t11-,13?;/m0./s1. The molecule has 0 saturated heterocycles. The van der Waals surface area contributed by atoms with Crippen molar-refractivity contribution in [2.24, 2.45) is 5.73 Å². The molecule has 0 aromatic heterocycles. The van der Waals surface area contributed by atoms with E-state index in [1.165, 1.54) is 4.90 Å². The molecule has 1 rings (SSSR count). The van der Waals surface area contributed by atoms with Crippen molar-refractivity contribution in [3.05, 3.63) is 35.9 Å². The van der Waals surface area contributed by atoms with E-state index in [1.54, 1.807) is 14.0 Å². The summed E-state index contributed by atoms with van der Waals surface area (Å²) in [6.45, 7) is 2.47. The number of carbonyl (C=O) groups excluding carboxylic acids is 1. The van der Waals surface area contributed by atoms with Gasteiger partial charge >= 0.3 is 0 Å². The third-order valence-corrected chi connectivity index (χ3v) is 2.67. The second-order valence-electron chi connectivity index (χ2n) is 4.66. The third-order valence-electron chi connectivity index (χ3n) is 2.67. The molecule has 0 bridgehead atoms. The molecular formula is C14H23ClN2O3. The normalized spacial score (nSPS) is 13.2. The minimum atomic E-state index is -0.712. The number of nitrogens with zero attached hydrogens (tertiary/aromatic N) is 1. The first-order valence-corrected chi connectivity index (χ1v) is 6.31. The molecule has 0 fully saturated rings. The van der Waals surface area contributed by atoms with E-state index in [1.807, 2.05) is 30.3 Å². The number of amides is 1. The lowest BCUT2D eigenvalue weighted by Crippen LogP contribution is -2.43. The fraction of sp³-hybridized carbons (Fsp3) is 0.500. The molecule has 1 aromatic carbocycles. The highest BCUT2D eigenvalue weighted by molar-refractivity contribution is 5.85. The molecule has 1 aromatic rings. The molecule has 0 aliphatic rings. The number of carbonyl (C=O) groups is 1. The summed E-state index contributed by atoms with van der Waals surface area (Å²) in [7, 11) is 1.62. The van der Waals surface area contributed by atoms with Gasteiger partial charge in [0.15, 0.2) is 0 Å². The van der Waals surface area contributed by atoms with Gasteiger partial charge < -0.3 is 20.5 Å². The maximum absolute atomic E-state index is 11.5. The molecule has 0 spiro atoms. The van der Waals surface area contributed by atoms with Gasteiger partial charge in [0.25, 0.3) is 0 Å². The van der Waals surface area contributed by atoms with Gasteiger partial charge in [-0.05, 0) is 12.5 Å². The van der Waals surface area contributed by atoms with Crippen molar-refractivity contribution in [3.8, 4) is 0 Å². The summed E-state index contributed by atoms with van der Waals surface area (Å²) in [4.78, 5) is 12.9. The molecule has 6 heteroatoms. The summed E-state index contributed by atoms with van der Waals surface area (Å²) < 4.78 is 5.40. The Morgan fingerprint density at radius 1 is 1.40 bits per heavy atom. The molecular weight excluding hydrogens is 280 g/mol. The number of likely N-dealkylation sites (N-methyl/N-ethyl adjacent to an activating group) is 1. The Hall–Kier alpha value is -1.14. The van der Waals surface area contributed by atoms with Gasteiger partial charge in [0, 0.05) is 13.6 Å². The highest BCUT2D eigenvalue weighted by atomic mass is 35.5. The largest absolute Gasteiger partial charge is 0.389 e. The second-order valence-corrected chi connectivity index (χ2v) is 4.66. The molecule has 0 aliphatic carbocycles. The predicted octanol–water partition coefficient (Wildman–Crippen LogP) is 0.792. The van der Waals surface area contributed by atoms with Crippen LogP contribution in [0.2, 0.25) is 0 Å². The average molecular weight is 303 g/mol. The average Bonchev–Trinajstić information content (AvgIpc) is 2.38. The number of ether oxygens (including phenoxy) is 1. The van der Waals surface area contributed by atoms with Crippen molar-refractivity contribution in [2.75, 3.05) is 20.2 Å². The van der Waals surface area contributed by atoms with Gasteiger partial charge in [-0.15, -0.1) is 12.4 Å². The highest BCUT2D eigenvalue weighted by Gasteiger charge is 2.16. The van der Waals surface area contributed by atoms with E-state index >= 15 is 0 Å². The molecule has 3 N–H and O–H groups in total. The van der Waals surface area contributed by atoms with Gasteiger partial charge in [-0.25, -0.2) is 0 Å². The fourth-order valence-electron chi connectivity index (χ4n) is 1.69. The molecule has 5 nitrogen and oxygen atoms in total. The van der Waals surface area contributed by atoms with E-state index < -0.39 is 12.1 Å². The Morgan fingerprint density at radius 2 is 2.00 bits per heavy atom. The third kappa shape index (κ3) is 6.86. The van der Waals surface area contributed by atoms with Crippen LogP contribution >= 0.6 is 12.4 Å². The lowest BCUT2D eigenvalue weighted by molar-refractivity contribution is -0.132. The highest BCUT2D eigenvalue weighted by Crippen LogP contribution is 2.01. The predicted molar refractivity (Wildman–Crippen MR) is 80.6 cm³/mol. The van der Waals surface area contributed by atoms with Gasteiger partial charge in [-0.1, -0.05) is 30.3 Å². The molecule has 20 heavy (non-hydrogen) atoms.